The van der Waals surface area contributed by atoms with Crippen LogP contribution in [0.5, 0.6) is 0 Å². The van der Waals surface area contributed by atoms with Crippen molar-refractivity contribution in [1.82, 2.24) is 4.90 Å². The largest absolute Gasteiger partial charge is 0.334 e. The number of carbonyl (C=O) groups is 1. The van der Waals surface area contributed by atoms with Gasteiger partial charge in [0.05, 0.1) is 21.5 Å². The Hall–Kier alpha value is -4.07. The summed E-state index contributed by atoms with van der Waals surface area (Å²) in [5.74, 6) is -0.483. The van der Waals surface area contributed by atoms with E-state index in [9.17, 15) is 25.0 Å². The first kappa shape index (κ1) is 21.6. The Labute approximate surface area is 179 Å². The Bertz CT molecular complexity index is 1040. The zero-order valence-electron chi connectivity index (χ0n) is 16.7. The molecule has 8 heteroatoms. The summed E-state index contributed by atoms with van der Waals surface area (Å²) in [5.41, 5.74) is 0.996. The maximum absolute atomic E-state index is 13.2. The highest BCUT2D eigenvalue weighted by Crippen LogP contribution is 2.24. The Kier molecular flexibility index (Phi) is 7.05. The van der Waals surface area contributed by atoms with Crippen LogP contribution in [0.15, 0.2) is 78.9 Å². The molecule has 0 atom stereocenters. The van der Waals surface area contributed by atoms with Crippen LogP contribution in [0.25, 0.3) is 0 Å². The molecule has 0 aliphatic rings. The average Bonchev–Trinajstić information content (AvgIpc) is 2.79. The van der Waals surface area contributed by atoms with E-state index in [2.05, 4.69) is 0 Å². The first-order valence-electron chi connectivity index (χ1n) is 9.75. The van der Waals surface area contributed by atoms with Gasteiger partial charge in [-0.15, -0.1) is 0 Å². The maximum atomic E-state index is 13.2. The van der Waals surface area contributed by atoms with E-state index in [1.165, 1.54) is 0 Å². The second kappa shape index (κ2) is 10.1. The molecule has 0 unspecified atom stereocenters. The average molecular weight is 419 g/mol. The van der Waals surface area contributed by atoms with E-state index in [1.807, 2.05) is 60.7 Å². The van der Waals surface area contributed by atoms with Crippen molar-refractivity contribution in [3.05, 3.63) is 116 Å². The van der Waals surface area contributed by atoms with Crippen LogP contribution < -0.4 is 0 Å². The summed E-state index contributed by atoms with van der Waals surface area (Å²) in [5, 5.41) is 22.4. The number of nitro groups is 2. The normalized spacial score (nSPS) is 10.5. The topological polar surface area (TPSA) is 107 Å². The molecule has 3 rings (SSSR count). The number of amides is 1. The van der Waals surface area contributed by atoms with Crippen molar-refractivity contribution in [1.29, 1.82) is 0 Å². The number of nitrogens with zero attached hydrogens (tertiary/aromatic N) is 3. The van der Waals surface area contributed by atoms with Crippen LogP contribution in [0.4, 0.5) is 11.4 Å². The van der Waals surface area contributed by atoms with Gasteiger partial charge in [0, 0.05) is 25.2 Å². The summed E-state index contributed by atoms with van der Waals surface area (Å²) in [7, 11) is 0. The van der Waals surface area contributed by atoms with Crippen molar-refractivity contribution in [2.75, 3.05) is 6.54 Å². The van der Waals surface area contributed by atoms with Gasteiger partial charge in [-0.1, -0.05) is 60.7 Å². The van der Waals surface area contributed by atoms with Gasteiger partial charge >= 0.3 is 0 Å². The molecule has 31 heavy (non-hydrogen) atoms. The zero-order chi connectivity index (χ0) is 22.2. The van der Waals surface area contributed by atoms with Gasteiger partial charge in [-0.3, -0.25) is 25.0 Å². The fourth-order valence-electron chi connectivity index (χ4n) is 3.29. The third kappa shape index (κ3) is 5.96. The van der Waals surface area contributed by atoms with E-state index in [4.69, 9.17) is 0 Å². The van der Waals surface area contributed by atoms with E-state index >= 15 is 0 Å². The molecule has 0 spiro atoms. The highest BCUT2D eigenvalue weighted by Gasteiger charge is 2.23. The van der Waals surface area contributed by atoms with Crippen molar-refractivity contribution >= 4 is 17.3 Å². The molecule has 0 heterocycles. The van der Waals surface area contributed by atoms with Gasteiger partial charge in [-0.25, -0.2) is 0 Å². The summed E-state index contributed by atoms with van der Waals surface area (Å²) in [6.07, 6.45) is 1.44. The van der Waals surface area contributed by atoms with Gasteiger partial charge in [0.25, 0.3) is 17.3 Å². The molecule has 3 aromatic carbocycles. The molecule has 8 nitrogen and oxygen atoms in total. The lowest BCUT2D eigenvalue weighted by molar-refractivity contribution is -0.394. The fourth-order valence-corrected chi connectivity index (χ4v) is 3.29. The van der Waals surface area contributed by atoms with Gasteiger partial charge < -0.3 is 4.90 Å². The molecule has 0 saturated heterocycles. The smallest absolute Gasteiger partial charge is 0.277 e. The molecule has 0 aliphatic heterocycles. The van der Waals surface area contributed by atoms with E-state index in [-0.39, 0.29) is 5.56 Å². The van der Waals surface area contributed by atoms with E-state index in [0.29, 0.717) is 19.5 Å². The van der Waals surface area contributed by atoms with Crippen molar-refractivity contribution in [2.24, 2.45) is 0 Å². The number of carbonyl (C=O) groups excluding carboxylic acids is 1. The first-order chi connectivity index (χ1) is 14.9. The van der Waals surface area contributed by atoms with Gasteiger partial charge in [-0.05, 0) is 24.0 Å². The molecule has 0 saturated carbocycles. The number of rotatable bonds is 9. The lowest BCUT2D eigenvalue weighted by Gasteiger charge is -2.23. The quantitative estimate of drug-likeness (QED) is 0.366. The predicted molar refractivity (Wildman–Crippen MR) is 116 cm³/mol. The first-order valence-corrected chi connectivity index (χ1v) is 9.75. The number of hydrogen-bond acceptors (Lipinski definition) is 5. The molecule has 0 aromatic heterocycles. The molecule has 0 fully saturated rings. The molecular formula is C23H21N3O5. The number of benzene rings is 3. The molecule has 0 aliphatic carbocycles. The summed E-state index contributed by atoms with van der Waals surface area (Å²) in [6, 6.07) is 22.2. The van der Waals surface area contributed by atoms with Crippen molar-refractivity contribution in [3.63, 3.8) is 0 Å². The van der Waals surface area contributed by atoms with Crippen molar-refractivity contribution in [3.8, 4) is 0 Å². The summed E-state index contributed by atoms with van der Waals surface area (Å²) in [6.45, 7) is 0.698. The standard InChI is InChI=1S/C23H21N3O5/c27-23(20-14-21(25(28)29)16-22(15-20)26(30)31)24(17-19-10-5-2-6-11-19)13-7-12-18-8-3-1-4-9-18/h1-6,8-11,14-16H,7,12-13,17H2. The molecule has 3 aromatic rings. The predicted octanol–water partition coefficient (Wildman–Crippen LogP) is 4.78. The minimum Gasteiger partial charge on any atom is -0.334 e. The second-order valence-electron chi connectivity index (χ2n) is 7.05. The monoisotopic (exact) mass is 419 g/mol. The van der Waals surface area contributed by atoms with Gasteiger partial charge in [0.2, 0.25) is 0 Å². The minimum absolute atomic E-state index is 0.0726. The van der Waals surface area contributed by atoms with E-state index < -0.39 is 27.1 Å². The Morgan fingerprint density at radius 3 is 1.81 bits per heavy atom. The number of hydrogen-bond donors (Lipinski definition) is 0. The maximum Gasteiger partial charge on any atom is 0.277 e. The van der Waals surface area contributed by atoms with Crippen LogP contribution in [-0.4, -0.2) is 27.2 Å². The SMILES string of the molecule is O=C(c1cc([N+](=O)[O-])cc([N+](=O)[O-])c1)N(CCCc1ccccc1)Cc1ccccc1. The number of aryl methyl sites for hydroxylation is 1. The van der Waals surface area contributed by atoms with E-state index in [1.54, 1.807) is 4.90 Å². The molecule has 1 amide bonds. The Morgan fingerprint density at radius 2 is 1.29 bits per heavy atom. The van der Waals surface area contributed by atoms with Crippen LogP contribution in [0.1, 0.15) is 27.9 Å². The molecular weight excluding hydrogens is 398 g/mol. The van der Waals surface area contributed by atoms with E-state index in [0.717, 1.165) is 35.7 Å². The van der Waals surface area contributed by atoms with Crippen LogP contribution in [0.3, 0.4) is 0 Å². The summed E-state index contributed by atoms with van der Waals surface area (Å²) in [4.78, 5) is 35.7. The zero-order valence-corrected chi connectivity index (χ0v) is 16.7. The van der Waals surface area contributed by atoms with Gasteiger partial charge in [0.15, 0.2) is 0 Å². The number of nitro benzene ring substituents is 2. The molecule has 0 N–H and O–H groups in total. The summed E-state index contributed by atoms with van der Waals surface area (Å²) >= 11 is 0. The second-order valence-corrected chi connectivity index (χ2v) is 7.05. The van der Waals surface area contributed by atoms with Crippen LogP contribution in [-0.2, 0) is 13.0 Å². The minimum atomic E-state index is -0.735. The number of non-ortho nitro benzene ring substituents is 2. The molecule has 0 bridgehead atoms. The van der Waals surface area contributed by atoms with Gasteiger partial charge in [-0.2, -0.15) is 0 Å². The van der Waals surface area contributed by atoms with Crippen molar-refractivity contribution in [2.45, 2.75) is 19.4 Å². The third-order valence-electron chi connectivity index (χ3n) is 4.81. The summed E-state index contributed by atoms with van der Waals surface area (Å²) < 4.78 is 0. The fraction of sp³-hybridized carbons (Fsp3) is 0.174. The molecule has 0 radical (unpaired) electrons. The molecule has 158 valence electrons. The van der Waals surface area contributed by atoms with Crippen LogP contribution in [0.2, 0.25) is 0 Å². The van der Waals surface area contributed by atoms with Gasteiger partial charge in [0.1, 0.15) is 0 Å². The highest BCUT2D eigenvalue weighted by molar-refractivity contribution is 5.95. The highest BCUT2D eigenvalue weighted by atomic mass is 16.6. The lowest BCUT2D eigenvalue weighted by Crippen LogP contribution is -2.32. The Balaban J connectivity index is 1.85. The third-order valence-corrected chi connectivity index (χ3v) is 4.81. The van der Waals surface area contributed by atoms with Crippen LogP contribution in [0, 0.1) is 20.2 Å². The van der Waals surface area contributed by atoms with Crippen molar-refractivity contribution < 1.29 is 14.6 Å². The van der Waals surface area contributed by atoms with Crippen LogP contribution >= 0.6 is 0 Å². The Morgan fingerprint density at radius 1 is 0.774 bits per heavy atom. The lowest BCUT2D eigenvalue weighted by atomic mass is 10.1.